The minimum absolute atomic E-state index is 0.109. The van der Waals surface area contributed by atoms with Crippen LogP contribution in [-0.2, 0) is 9.59 Å². The van der Waals surface area contributed by atoms with Crippen molar-refractivity contribution in [1.29, 1.82) is 0 Å². The van der Waals surface area contributed by atoms with E-state index in [1.165, 1.54) is 12.1 Å². The molecule has 1 saturated heterocycles. The molecule has 0 atom stereocenters. The van der Waals surface area contributed by atoms with Crippen molar-refractivity contribution in [3.05, 3.63) is 29.8 Å². The lowest BCUT2D eigenvalue weighted by Gasteiger charge is -2.31. The summed E-state index contributed by atoms with van der Waals surface area (Å²) in [4.78, 5) is 25.7. The first-order valence-corrected chi connectivity index (χ1v) is 7.55. The van der Waals surface area contributed by atoms with Crippen molar-refractivity contribution >= 4 is 17.5 Å². The van der Waals surface area contributed by atoms with E-state index in [-0.39, 0.29) is 23.4 Å². The van der Waals surface area contributed by atoms with Crippen LogP contribution in [0.15, 0.2) is 18.2 Å². The van der Waals surface area contributed by atoms with E-state index in [1.54, 1.807) is 4.90 Å². The Hall–Kier alpha value is -1.98. The molecular weight excluding hydrogens is 290 g/mol. The van der Waals surface area contributed by atoms with Crippen LogP contribution in [0.2, 0.25) is 0 Å². The number of nitrogens with one attached hydrogen (secondary N) is 1. The van der Waals surface area contributed by atoms with Gasteiger partial charge in [0.2, 0.25) is 11.8 Å². The molecule has 1 aromatic carbocycles. The highest BCUT2D eigenvalue weighted by molar-refractivity contribution is 5.92. The highest BCUT2D eigenvalue weighted by Crippen LogP contribution is 2.22. The smallest absolute Gasteiger partial charge is 0.227 e. The molecule has 0 bridgehead atoms. The average Bonchev–Trinajstić information content (AvgIpc) is 2.52. The second-order valence-corrected chi connectivity index (χ2v) is 5.50. The summed E-state index contributed by atoms with van der Waals surface area (Å²) < 4.78 is 26.7. The largest absolute Gasteiger partial charge is 0.343 e. The molecule has 0 saturated carbocycles. The molecule has 0 radical (unpaired) electrons. The Morgan fingerprint density at radius 3 is 2.59 bits per heavy atom. The minimum atomic E-state index is -1.05. The average molecular weight is 310 g/mol. The molecule has 1 N–H and O–H groups in total. The van der Waals surface area contributed by atoms with Crippen LogP contribution in [-0.4, -0.2) is 29.8 Å². The topological polar surface area (TPSA) is 49.4 Å². The fourth-order valence-electron chi connectivity index (χ4n) is 2.60. The number of benzene rings is 1. The van der Waals surface area contributed by atoms with Crippen molar-refractivity contribution in [3.63, 3.8) is 0 Å². The quantitative estimate of drug-likeness (QED) is 0.929. The van der Waals surface area contributed by atoms with Gasteiger partial charge in [0.25, 0.3) is 0 Å². The second-order valence-electron chi connectivity index (χ2n) is 5.50. The number of likely N-dealkylation sites (tertiary alicyclic amines) is 1. The minimum Gasteiger partial charge on any atom is -0.343 e. The van der Waals surface area contributed by atoms with Gasteiger partial charge in [-0.1, -0.05) is 13.0 Å². The second kappa shape index (κ2) is 7.33. The zero-order valence-corrected chi connectivity index (χ0v) is 12.6. The Labute approximate surface area is 128 Å². The zero-order chi connectivity index (χ0) is 16.1. The number of halogens is 2. The molecule has 1 heterocycles. The Morgan fingerprint density at radius 1 is 1.27 bits per heavy atom. The van der Waals surface area contributed by atoms with Gasteiger partial charge in [0.1, 0.15) is 0 Å². The summed E-state index contributed by atoms with van der Waals surface area (Å²) in [6.07, 6.45) is 2.40. The van der Waals surface area contributed by atoms with Crippen molar-refractivity contribution in [2.75, 3.05) is 18.4 Å². The molecule has 1 aromatic rings. The standard InChI is InChI=1S/C16H20F2N2O2/c1-2-4-14(21)20-9-7-11(8-10-20)16(22)19-13-6-3-5-12(17)15(13)18/h3,5-6,11H,2,4,7-10H2,1H3,(H,19,22). The van der Waals surface area contributed by atoms with Crippen LogP contribution in [0.5, 0.6) is 0 Å². The lowest BCUT2D eigenvalue weighted by Crippen LogP contribution is -2.41. The number of nitrogens with zero attached hydrogens (tertiary/aromatic N) is 1. The third-order valence-corrected chi connectivity index (χ3v) is 3.89. The van der Waals surface area contributed by atoms with Crippen molar-refractivity contribution in [3.8, 4) is 0 Å². The first kappa shape index (κ1) is 16.4. The number of piperidine rings is 1. The van der Waals surface area contributed by atoms with E-state index in [4.69, 9.17) is 0 Å². The summed E-state index contributed by atoms with van der Waals surface area (Å²) in [5, 5.41) is 2.43. The van der Waals surface area contributed by atoms with Gasteiger partial charge < -0.3 is 10.2 Å². The third kappa shape index (κ3) is 3.81. The summed E-state index contributed by atoms with van der Waals surface area (Å²) in [5.41, 5.74) is -0.144. The van der Waals surface area contributed by atoms with Crippen LogP contribution in [0.25, 0.3) is 0 Å². The Kier molecular flexibility index (Phi) is 5.46. The summed E-state index contributed by atoms with van der Waals surface area (Å²) in [6.45, 7) is 3.01. The van der Waals surface area contributed by atoms with Crippen LogP contribution in [0.4, 0.5) is 14.5 Å². The number of hydrogen-bond donors (Lipinski definition) is 1. The van der Waals surface area contributed by atoms with Gasteiger partial charge in [0, 0.05) is 25.4 Å². The number of carbonyl (C=O) groups is 2. The van der Waals surface area contributed by atoms with Crippen molar-refractivity contribution in [1.82, 2.24) is 4.90 Å². The van der Waals surface area contributed by atoms with Gasteiger partial charge in [-0.2, -0.15) is 0 Å². The van der Waals surface area contributed by atoms with Gasteiger partial charge >= 0.3 is 0 Å². The Balaban J connectivity index is 1.90. The molecule has 0 spiro atoms. The van der Waals surface area contributed by atoms with Crippen LogP contribution in [0, 0.1) is 17.6 Å². The van der Waals surface area contributed by atoms with E-state index in [0.29, 0.717) is 32.4 Å². The first-order valence-electron chi connectivity index (χ1n) is 7.55. The van der Waals surface area contributed by atoms with Crippen molar-refractivity contribution < 1.29 is 18.4 Å². The lowest BCUT2D eigenvalue weighted by atomic mass is 9.95. The summed E-state index contributed by atoms with van der Waals surface area (Å²) in [6, 6.07) is 3.68. The van der Waals surface area contributed by atoms with Gasteiger partial charge in [0.15, 0.2) is 11.6 Å². The molecule has 1 aliphatic heterocycles. The van der Waals surface area contributed by atoms with Crippen LogP contribution in [0.1, 0.15) is 32.6 Å². The first-order chi connectivity index (χ1) is 10.5. The molecule has 1 aliphatic rings. The molecule has 6 heteroatoms. The van der Waals surface area contributed by atoms with Crippen LogP contribution in [0.3, 0.4) is 0 Å². The predicted octanol–water partition coefficient (Wildman–Crippen LogP) is 2.94. The molecule has 22 heavy (non-hydrogen) atoms. The van der Waals surface area contributed by atoms with Gasteiger partial charge in [0.05, 0.1) is 5.69 Å². The highest BCUT2D eigenvalue weighted by atomic mass is 19.2. The maximum atomic E-state index is 13.5. The molecule has 4 nitrogen and oxygen atoms in total. The lowest BCUT2D eigenvalue weighted by molar-refractivity contribution is -0.134. The summed E-state index contributed by atoms with van der Waals surface area (Å²) in [5.74, 6) is -2.54. The summed E-state index contributed by atoms with van der Waals surface area (Å²) >= 11 is 0. The maximum absolute atomic E-state index is 13.5. The Morgan fingerprint density at radius 2 is 1.95 bits per heavy atom. The fraction of sp³-hybridized carbons (Fsp3) is 0.500. The molecule has 0 aromatic heterocycles. The number of amides is 2. The third-order valence-electron chi connectivity index (χ3n) is 3.89. The van der Waals surface area contributed by atoms with E-state index >= 15 is 0 Å². The van der Waals surface area contributed by atoms with Crippen LogP contribution >= 0.6 is 0 Å². The maximum Gasteiger partial charge on any atom is 0.227 e. The van der Waals surface area contributed by atoms with E-state index in [9.17, 15) is 18.4 Å². The molecule has 0 aliphatic carbocycles. The molecule has 1 fully saturated rings. The van der Waals surface area contributed by atoms with Gasteiger partial charge in [-0.05, 0) is 31.4 Å². The van der Waals surface area contributed by atoms with Crippen molar-refractivity contribution in [2.45, 2.75) is 32.6 Å². The highest BCUT2D eigenvalue weighted by Gasteiger charge is 2.27. The van der Waals surface area contributed by atoms with E-state index < -0.39 is 11.6 Å². The molecule has 0 unspecified atom stereocenters. The monoisotopic (exact) mass is 310 g/mol. The van der Waals surface area contributed by atoms with E-state index in [0.717, 1.165) is 12.5 Å². The SMILES string of the molecule is CCCC(=O)N1CCC(C(=O)Nc2cccc(F)c2F)CC1. The van der Waals surface area contributed by atoms with Gasteiger partial charge in [-0.25, -0.2) is 8.78 Å². The normalized spacial score (nSPS) is 15.7. The number of carbonyl (C=O) groups excluding carboxylic acids is 2. The predicted molar refractivity (Wildman–Crippen MR) is 79.2 cm³/mol. The number of rotatable bonds is 4. The van der Waals surface area contributed by atoms with E-state index in [1.807, 2.05) is 6.92 Å². The number of hydrogen-bond acceptors (Lipinski definition) is 2. The number of anilines is 1. The zero-order valence-electron chi connectivity index (χ0n) is 12.6. The molecular formula is C16H20F2N2O2. The molecule has 120 valence electrons. The molecule has 2 rings (SSSR count). The van der Waals surface area contributed by atoms with Crippen molar-refractivity contribution in [2.24, 2.45) is 5.92 Å². The fourth-order valence-corrected chi connectivity index (χ4v) is 2.60. The molecule has 2 amide bonds. The van der Waals surface area contributed by atoms with Crippen LogP contribution < -0.4 is 5.32 Å². The van der Waals surface area contributed by atoms with Gasteiger partial charge in [-0.3, -0.25) is 9.59 Å². The summed E-state index contributed by atoms with van der Waals surface area (Å²) in [7, 11) is 0. The Bertz CT molecular complexity index is 555. The van der Waals surface area contributed by atoms with E-state index in [2.05, 4.69) is 5.32 Å². The van der Waals surface area contributed by atoms with Gasteiger partial charge in [-0.15, -0.1) is 0 Å².